The standard InChI is InChI=1S/C26H32N4O2S/c1-20-8-10-21(11-9-20)18-24-26(32)30(22-6-3-4-7-23(22)33-24)19-25(31)27-12-5-13-29-16-14-28(2)15-17-29/h3-4,6-11,18H,5,12-17,19H2,1-2H3,(H,27,31). The highest BCUT2D eigenvalue weighted by molar-refractivity contribution is 8.04. The van der Waals surface area contributed by atoms with Crippen molar-refractivity contribution in [3.8, 4) is 0 Å². The number of rotatable bonds is 7. The van der Waals surface area contributed by atoms with Crippen LogP contribution in [0.3, 0.4) is 0 Å². The number of hydrogen-bond donors (Lipinski definition) is 1. The number of amides is 2. The van der Waals surface area contributed by atoms with Crippen molar-refractivity contribution in [1.29, 1.82) is 0 Å². The molecule has 7 heteroatoms. The molecular weight excluding hydrogens is 432 g/mol. The van der Waals surface area contributed by atoms with Crippen LogP contribution in [-0.2, 0) is 9.59 Å². The number of thioether (sulfide) groups is 1. The zero-order valence-corrected chi connectivity index (χ0v) is 20.2. The Kier molecular flexibility index (Phi) is 7.85. The minimum absolute atomic E-state index is 0.0240. The van der Waals surface area contributed by atoms with Gasteiger partial charge in [0.2, 0.25) is 5.91 Å². The maximum atomic E-state index is 13.3. The molecule has 0 spiro atoms. The van der Waals surface area contributed by atoms with Gasteiger partial charge in [-0.25, -0.2) is 0 Å². The van der Waals surface area contributed by atoms with Crippen LogP contribution in [0, 0.1) is 6.92 Å². The molecule has 2 amide bonds. The fraction of sp³-hybridized carbons (Fsp3) is 0.385. The van der Waals surface area contributed by atoms with Crippen LogP contribution in [0.25, 0.3) is 6.08 Å². The topological polar surface area (TPSA) is 55.9 Å². The first kappa shape index (κ1) is 23.5. The van der Waals surface area contributed by atoms with Crippen molar-refractivity contribution in [2.45, 2.75) is 18.2 Å². The van der Waals surface area contributed by atoms with Crippen LogP contribution in [0.5, 0.6) is 0 Å². The van der Waals surface area contributed by atoms with E-state index in [1.807, 2.05) is 61.5 Å². The van der Waals surface area contributed by atoms with Crippen molar-refractivity contribution in [3.05, 3.63) is 64.6 Å². The minimum Gasteiger partial charge on any atom is -0.355 e. The first-order valence-corrected chi connectivity index (χ1v) is 12.4. The summed E-state index contributed by atoms with van der Waals surface area (Å²) >= 11 is 1.46. The molecule has 174 valence electrons. The van der Waals surface area contributed by atoms with E-state index in [0.29, 0.717) is 11.4 Å². The lowest BCUT2D eigenvalue weighted by Gasteiger charge is -2.32. The van der Waals surface area contributed by atoms with E-state index < -0.39 is 0 Å². The maximum absolute atomic E-state index is 13.3. The van der Waals surface area contributed by atoms with Crippen molar-refractivity contribution < 1.29 is 9.59 Å². The van der Waals surface area contributed by atoms with Gasteiger partial charge in [0.25, 0.3) is 5.91 Å². The fourth-order valence-corrected chi connectivity index (χ4v) is 5.09. The lowest BCUT2D eigenvalue weighted by Crippen LogP contribution is -2.45. The molecule has 2 aliphatic heterocycles. The highest BCUT2D eigenvalue weighted by Crippen LogP contribution is 2.41. The molecule has 0 bridgehead atoms. The Labute approximate surface area is 200 Å². The monoisotopic (exact) mass is 464 g/mol. The van der Waals surface area contributed by atoms with Crippen LogP contribution >= 0.6 is 11.8 Å². The quantitative estimate of drug-likeness (QED) is 0.504. The van der Waals surface area contributed by atoms with E-state index in [9.17, 15) is 9.59 Å². The third-order valence-corrected chi connectivity index (χ3v) is 7.16. The molecule has 2 aromatic rings. The number of hydrogen-bond acceptors (Lipinski definition) is 5. The number of aryl methyl sites for hydroxylation is 1. The van der Waals surface area contributed by atoms with Gasteiger partial charge in [-0.15, -0.1) is 0 Å². The molecule has 33 heavy (non-hydrogen) atoms. The van der Waals surface area contributed by atoms with E-state index in [2.05, 4.69) is 22.2 Å². The molecule has 2 aromatic carbocycles. The van der Waals surface area contributed by atoms with Crippen molar-refractivity contribution in [3.63, 3.8) is 0 Å². The van der Waals surface area contributed by atoms with Gasteiger partial charge in [0.15, 0.2) is 0 Å². The lowest BCUT2D eigenvalue weighted by molar-refractivity contribution is -0.122. The number of nitrogens with one attached hydrogen (secondary N) is 1. The minimum atomic E-state index is -0.133. The van der Waals surface area contributed by atoms with Crippen LogP contribution in [0.15, 0.2) is 58.3 Å². The molecule has 0 atom stereocenters. The molecule has 0 unspecified atom stereocenters. The Morgan fingerprint density at radius 3 is 2.55 bits per heavy atom. The molecule has 1 N–H and O–H groups in total. The van der Waals surface area contributed by atoms with Crippen molar-refractivity contribution in [2.75, 3.05) is 57.8 Å². The second-order valence-electron chi connectivity index (χ2n) is 8.73. The summed E-state index contributed by atoms with van der Waals surface area (Å²) in [6.45, 7) is 8.03. The zero-order chi connectivity index (χ0) is 23.2. The van der Waals surface area contributed by atoms with Crippen LogP contribution in [0.1, 0.15) is 17.5 Å². The number of piperazine rings is 1. The van der Waals surface area contributed by atoms with Crippen LogP contribution < -0.4 is 10.2 Å². The van der Waals surface area contributed by atoms with Gasteiger partial charge in [0, 0.05) is 37.6 Å². The second-order valence-corrected chi connectivity index (χ2v) is 9.81. The third-order valence-electron chi connectivity index (χ3n) is 6.08. The summed E-state index contributed by atoms with van der Waals surface area (Å²) in [4.78, 5) is 34.0. The van der Waals surface area contributed by atoms with E-state index in [0.717, 1.165) is 55.3 Å². The largest absolute Gasteiger partial charge is 0.355 e. The summed E-state index contributed by atoms with van der Waals surface area (Å²) in [5, 5.41) is 3.00. The normalized spacial score (nSPS) is 18.4. The summed E-state index contributed by atoms with van der Waals surface area (Å²) in [6, 6.07) is 15.9. The highest BCUT2D eigenvalue weighted by Gasteiger charge is 2.30. The zero-order valence-electron chi connectivity index (χ0n) is 19.4. The van der Waals surface area contributed by atoms with Gasteiger partial charge in [0.1, 0.15) is 6.54 Å². The van der Waals surface area contributed by atoms with E-state index >= 15 is 0 Å². The molecule has 2 heterocycles. The number of fused-ring (bicyclic) bond motifs is 1. The van der Waals surface area contributed by atoms with Gasteiger partial charge in [-0.1, -0.05) is 53.7 Å². The van der Waals surface area contributed by atoms with E-state index in [4.69, 9.17) is 0 Å². The molecular formula is C26H32N4O2S. The summed E-state index contributed by atoms with van der Waals surface area (Å²) in [5.74, 6) is -0.259. The SMILES string of the molecule is Cc1ccc(C=C2Sc3ccccc3N(CC(=O)NCCCN3CCN(C)CC3)C2=O)cc1. The van der Waals surface area contributed by atoms with Crippen molar-refractivity contribution in [1.82, 2.24) is 15.1 Å². The average Bonchev–Trinajstić information content (AvgIpc) is 2.82. The Balaban J connectivity index is 1.37. The molecule has 1 saturated heterocycles. The summed E-state index contributed by atoms with van der Waals surface area (Å²) in [7, 11) is 2.15. The van der Waals surface area contributed by atoms with Gasteiger partial charge < -0.3 is 15.1 Å². The van der Waals surface area contributed by atoms with Gasteiger partial charge >= 0.3 is 0 Å². The number of para-hydroxylation sites is 1. The molecule has 0 saturated carbocycles. The van der Waals surface area contributed by atoms with E-state index in [-0.39, 0.29) is 18.4 Å². The maximum Gasteiger partial charge on any atom is 0.265 e. The Hall–Kier alpha value is -2.61. The Morgan fingerprint density at radius 1 is 1.06 bits per heavy atom. The highest BCUT2D eigenvalue weighted by atomic mass is 32.2. The third kappa shape index (κ3) is 6.25. The summed E-state index contributed by atoms with van der Waals surface area (Å²) in [5.41, 5.74) is 2.95. The fourth-order valence-electron chi connectivity index (χ4n) is 4.03. The predicted molar refractivity (Wildman–Crippen MR) is 135 cm³/mol. The molecule has 0 aliphatic carbocycles. The number of likely N-dealkylation sites (N-methyl/N-ethyl adjacent to an activating group) is 1. The van der Waals surface area contributed by atoms with Crippen LogP contribution in [0.2, 0.25) is 0 Å². The summed E-state index contributed by atoms with van der Waals surface area (Å²) < 4.78 is 0. The predicted octanol–water partition coefficient (Wildman–Crippen LogP) is 3.23. The van der Waals surface area contributed by atoms with Crippen molar-refractivity contribution in [2.24, 2.45) is 0 Å². The van der Waals surface area contributed by atoms with Gasteiger partial charge in [-0.3, -0.25) is 14.5 Å². The van der Waals surface area contributed by atoms with Gasteiger partial charge in [-0.2, -0.15) is 0 Å². The molecule has 4 rings (SSSR count). The lowest BCUT2D eigenvalue weighted by atomic mass is 10.1. The van der Waals surface area contributed by atoms with Crippen LogP contribution in [0.4, 0.5) is 5.69 Å². The van der Waals surface area contributed by atoms with Crippen LogP contribution in [-0.4, -0.2) is 74.5 Å². The molecule has 0 radical (unpaired) electrons. The number of nitrogens with zero attached hydrogens (tertiary/aromatic N) is 3. The number of benzene rings is 2. The number of carbonyl (C=O) groups excluding carboxylic acids is 2. The molecule has 1 fully saturated rings. The molecule has 0 aromatic heterocycles. The molecule has 2 aliphatic rings. The Morgan fingerprint density at radius 2 is 1.79 bits per heavy atom. The number of anilines is 1. The van der Waals surface area contributed by atoms with Gasteiger partial charge in [-0.05, 0) is 50.7 Å². The first-order chi connectivity index (χ1) is 16.0. The second kappa shape index (κ2) is 11.0. The van der Waals surface area contributed by atoms with Gasteiger partial charge in [0.05, 0.1) is 10.6 Å². The number of carbonyl (C=O) groups is 2. The van der Waals surface area contributed by atoms with E-state index in [1.165, 1.54) is 17.3 Å². The van der Waals surface area contributed by atoms with E-state index in [1.54, 1.807) is 4.90 Å². The summed E-state index contributed by atoms with van der Waals surface area (Å²) in [6.07, 6.45) is 2.82. The smallest absolute Gasteiger partial charge is 0.265 e. The molecule has 6 nitrogen and oxygen atoms in total. The Bertz CT molecular complexity index is 1010. The van der Waals surface area contributed by atoms with Crippen molar-refractivity contribution >= 4 is 35.3 Å². The first-order valence-electron chi connectivity index (χ1n) is 11.5. The average molecular weight is 465 g/mol.